The van der Waals surface area contributed by atoms with E-state index in [1.54, 1.807) is 17.3 Å². The number of nitrogens with zero attached hydrogens (tertiary/aromatic N) is 2. The van der Waals surface area contributed by atoms with Crippen LogP contribution in [0.3, 0.4) is 0 Å². The van der Waals surface area contributed by atoms with Gasteiger partial charge in [-0.15, -0.1) is 0 Å². The number of nitrogens with two attached hydrogens (primary N) is 1. The van der Waals surface area contributed by atoms with E-state index in [1.807, 2.05) is 24.3 Å². The van der Waals surface area contributed by atoms with Gasteiger partial charge in [-0.25, -0.2) is 9.59 Å². The normalized spacial score (nSPS) is 17.7. The molecule has 1 fully saturated rings. The summed E-state index contributed by atoms with van der Waals surface area (Å²) in [6.45, 7) is 1.09. The highest BCUT2D eigenvalue weighted by atomic mass is 16.2. The minimum atomic E-state index is -0.446. The summed E-state index contributed by atoms with van der Waals surface area (Å²) in [5.41, 5.74) is 6.03. The Kier molecular flexibility index (Phi) is 4.27. The number of primary amides is 1. The molecular weight excluding hydrogens is 294 g/mol. The van der Waals surface area contributed by atoms with Gasteiger partial charge >= 0.3 is 12.1 Å². The highest BCUT2D eigenvalue weighted by molar-refractivity contribution is 6.01. The number of fused-ring (bicyclic) bond motifs is 1. The molecule has 7 heteroatoms. The van der Waals surface area contributed by atoms with Crippen molar-refractivity contribution >= 4 is 28.5 Å². The molecule has 1 saturated heterocycles. The SMILES string of the molecule is NC(=O)N1CCCC(NC(=O)Nc2cccc3cnccc23)C1. The smallest absolute Gasteiger partial charge is 0.319 e. The molecule has 4 N–H and O–H groups in total. The Labute approximate surface area is 133 Å². The van der Waals surface area contributed by atoms with Gasteiger partial charge in [0.25, 0.3) is 0 Å². The molecule has 23 heavy (non-hydrogen) atoms. The Balaban J connectivity index is 1.66. The number of hydrogen-bond acceptors (Lipinski definition) is 3. The van der Waals surface area contributed by atoms with E-state index in [4.69, 9.17) is 5.73 Å². The quantitative estimate of drug-likeness (QED) is 0.789. The number of urea groups is 2. The number of likely N-dealkylation sites (tertiary alicyclic amines) is 1. The van der Waals surface area contributed by atoms with Crippen LogP contribution < -0.4 is 16.4 Å². The fraction of sp³-hybridized carbons (Fsp3) is 0.312. The maximum atomic E-state index is 12.2. The lowest BCUT2D eigenvalue weighted by atomic mass is 10.1. The van der Waals surface area contributed by atoms with E-state index >= 15 is 0 Å². The van der Waals surface area contributed by atoms with Crippen molar-refractivity contribution in [3.63, 3.8) is 0 Å². The second kappa shape index (κ2) is 6.51. The predicted octanol–water partition coefficient (Wildman–Crippen LogP) is 1.90. The number of anilines is 1. The van der Waals surface area contributed by atoms with Gasteiger partial charge in [-0.3, -0.25) is 4.98 Å². The Morgan fingerprint density at radius 3 is 3.00 bits per heavy atom. The first-order chi connectivity index (χ1) is 11.1. The maximum Gasteiger partial charge on any atom is 0.319 e. The molecule has 1 aliphatic rings. The molecule has 1 aliphatic heterocycles. The van der Waals surface area contributed by atoms with Crippen LogP contribution in [0.5, 0.6) is 0 Å². The van der Waals surface area contributed by atoms with Crippen molar-refractivity contribution in [2.75, 3.05) is 18.4 Å². The number of pyridine rings is 1. The Bertz CT molecular complexity index is 728. The van der Waals surface area contributed by atoms with Crippen molar-refractivity contribution < 1.29 is 9.59 Å². The Hall–Kier alpha value is -2.83. The van der Waals surface area contributed by atoms with Crippen LogP contribution in [0.15, 0.2) is 36.7 Å². The third-order valence-corrected chi connectivity index (χ3v) is 4.00. The van der Waals surface area contributed by atoms with Gasteiger partial charge in [-0.2, -0.15) is 0 Å². The van der Waals surface area contributed by atoms with Crippen molar-refractivity contribution in [3.05, 3.63) is 36.7 Å². The van der Waals surface area contributed by atoms with Crippen LogP contribution in [0.4, 0.5) is 15.3 Å². The van der Waals surface area contributed by atoms with Gasteiger partial charge < -0.3 is 21.3 Å². The van der Waals surface area contributed by atoms with E-state index in [9.17, 15) is 9.59 Å². The summed E-state index contributed by atoms with van der Waals surface area (Å²) >= 11 is 0. The Morgan fingerprint density at radius 1 is 1.30 bits per heavy atom. The lowest BCUT2D eigenvalue weighted by Crippen LogP contribution is -2.51. The van der Waals surface area contributed by atoms with E-state index in [0.29, 0.717) is 13.1 Å². The third kappa shape index (κ3) is 3.50. The molecule has 1 aromatic heterocycles. The summed E-state index contributed by atoms with van der Waals surface area (Å²) < 4.78 is 0. The lowest BCUT2D eigenvalue weighted by molar-refractivity contribution is 0.181. The topological polar surface area (TPSA) is 100 Å². The first-order valence-corrected chi connectivity index (χ1v) is 7.58. The van der Waals surface area contributed by atoms with E-state index in [0.717, 1.165) is 29.3 Å². The van der Waals surface area contributed by atoms with Crippen molar-refractivity contribution in [1.82, 2.24) is 15.2 Å². The number of carbonyl (C=O) groups excluding carboxylic acids is 2. The van der Waals surface area contributed by atoms with Crippen molar-refractivity contribution in [2.24, 2.45) is 5.73 Å². The summed E-state index contributed by atoms with van der Waals surface area (Å²) in [4.78, 5) is 29.1. The lowest BCUT2D eigenvalue weighted by Gasteiger charge is -2.31. The van der Waals surface area contributed by atoms with Crippen molar-refractivity contribution in [2.45, 2.75) is 18.9 Å². The molecule has 7 nitrogen and oxygen atoms in total. The average Bonchev–Trinajstić information content (AvgIpc) is 2.55. The molecule has 4 amide bonds. The number of piperidine rings is 1. The van der Waals surface area contributed by atoms with E-state index in [1.165, 1.54) is 0 Å². The number of carbonyl (C=O) groups is 2. The molecule has 0 aliphatic carbocycles. The van der Waals surface area contributed by atoms with Gasteiger partial charge in [0.05, 0.1) is 5.69 Å². The molecule has 0 bridgehead atoms. The first-order valence-electron chi connectivity index (χ1n) is 7.58. The van der Waals surface area contributed by atoms with Gasteiger partial charge in [0.2, 0.25) is 0 Å². The highest BCUT2D eigenvalue weighted by Crippen LogP contribution is 2.22. The van der Waals surface area contributed by atoms with Crippen LogP contribution in [-0.4, -0.2) is 41.1 Å². The molecule has 2 aromatic rings. The number of rotatable bonds is 2. The molecule has 1 aromatic carbocycles. The van der Waals surface area contributed by atoms with Crippen LogP contribution in [0.25, 0.3) is 10.8 Å². The van der Waals surface area contributed by atoms with Gasteiger partial charge in [-0.1, -0.05) is 12.1 Å². The third-order valence-electron chi connectivity index (χ3n) is 4.00. The molecule has 120 valence electrons. The van der Waals surface area contributed by atoms with Gasteiger partial charge in [-0.05, 0) is 25.0 Å². The first kappa shape index (κ1) is 15.1. The number of hydrogen-bond donors (Lipinski definition) is 3. The summed E-state index contributed by atoms with van der Waals surface area (Å²) in [5.74, 6) is 0. The molecule has 0 spiro atoms. The zero-order valence-corrected chi connectivity index (χ0v) is 12.7. The van der Waals surface area contributed by atoms with Gasteiger partial charge in [0.1, 0.15) is 0 Å². The van der Waals surface area contributed by atoms with Crippen LogP contribution >= 0.6 is 0 Å². The fourth-order valence-electron chi connectivity index (χ4n) is 2.87. The predicted molar refractivity (Wildman–Crippen MR) is 88.1 cm³/mol. The average molecular weight is 313 g/mol. The number of benzene rings is 1. The van der Waals surface area contributed by atoms with E-state index in [2.05, 4.69) is 15.6 Å². The minimum Gasteiger partial charge on any atom is -0.351 e. The van der Waals surface area contributed by atoms with Gasteiger partial charge in [0.15, 0.2) is 0 Å². The van der Waals surface area contributed by atoms with E-state index in [-0.39, 0.29) is 12.1 Å². The Morgan fingerprint density at radius 2 is 2.17 bits per heavy atom. The highest BCUT2D eigenvalue weighted by Gasteiger charge is 2.23. The summed E-state index contributed by atoms with van der Waals surface area (Å²) in [5, 5.41) is 7.66. The second-order valence-corrected chi connectivity index (χ2v) is 5.62. The standard InChI is InChI=1S/C16H19N5O2/c17-15(22)21-8-2-4-12(10-21)19-16(23)20-14-5-1-3-11-9-18-7-6-13(11)14/h1,3,5-7,9,12H,2,4,8,10H2,(H2,17,22)(H2,19,20,23). The summed E-state index contributed by atoms with van der Waals surface area (Å²) in [7, 11) is 0. The van der Waals surface area contributed by atoms with Crippen LogP contribution in [-0.2, 0) is 0 Å². The number of nitrogens with one attached hydrogen (secondary N) is 2. The largest absolute Gasteiger partial charge is 0.351 e. The molecule has 1 unspecified atom stereocenters. The molecule has 3 rings (SSSR count). The van der Waals surface area contributed by atoms with Crippen LogP contribution in [0, 0.1) is 0 Å². The molecular formula is C16H19N5O2. The van der Waals surface area contributed by atoms with Gasteiger partial charge in [0, 0.05) is 42.3 Å². The summed E-state index contributed by atoms with van der Waals surface area (Å²) in [6.07, 6.45) is 5.10. The molecule has 2 heterocycles. The molecule has 0 saturated carbocycles. The molecule has 0 radical (unpaired) electrons. The molecule has 1 atom stereocenters. The zero-order chi connectivity index (χ0) is 16.2. The maximum absolute atomic E-state index is 12.2. The minimum absolute atomic E-state index is 0.0899. The van der Waals surface area contributed by atoms with E-state index < -0.39 is 6.03 Å². The fourth-order valence-corrected chi connectivity index (χ4v) is 2.87. The van der Waals surface area contributed by atoms with Crippen LogP contribution in [0.2, 0.25) is 0 Å². The van der Waals surface area contributed by atoms with Crippen molar-refractivity contribution in [3.8, 4) is 0 Å². The summed E-state index contributed by atoms with van der Waals surface area (Å²) in [6, 6.07) is 6.70. The number of aromatic nitrogens is 1. The second-order valence-electron chi connectivity index (χ2n) is 5.62. The monoisotopic (exact) mass is 313 g/mol. The van der Waals surface area contributed by atoms with Crippen LogP contribution in [0.1, 0.15) is 12.8 Å². The van der Waals surface area contributed by atoms with Crippen molar-refractivity contribution in [1.29, 1.82) is 0 Å². The zero-order valence-electron chi connectivity index (χ0n) is 12.7. The number of amides is 4.